The Hall–Kier alpha value is -1.94. The van der Waals surface area contributed by atoms with Gasteiger partial charge in [0.15, 0.2) is 5.69 Å². The van der Waals surface area contributed by atoms with Crippen LogP contribution in [0.1, 0.15) is 26.1 Å². The van der Waals surface area contributed by atoms with Crippen LogP contribution in [0.25, 0.3) is 11.3 Å². The summed E-state index contributed by atoms with van der Waals surface area (Å²) in [6.07, 6.45) is -3.86. The second-order valence-electron chi connectivity index (χ2n) is 6.00. The van der Waals surface area contributed by atoms with E-state index in [1.54, 1.807) is 13.8 Å². The summed E-state index contributed by atoms with van der Waals surface area (Å²) in [6, 6.07) is 2.72. The molecule has 2 heterocycles. The predicted molar refractivity (Wildman–Crippen MR) is 83.7 cm³/mol. The first kappa shape index (κ1) is 21.1. The molecule has 5 nitrogen and oxygen atoms in total. The van der Waals surface area contributed by atoms with Gasteiger partial charge >= 0.3 is 12.7 Å². The summed E-state index contributed by atoms with van der Waals surface area (Å²) in [7, 11) is 0. The van der Waals surface area contributed by atoms with E-state index in [2.05, 4.69) is 5.10 Å². The Kier molecular flexibility index (Phi) is 6.01. The van der Waals surface area contributed by atoms with Crippen molar-refractivity contribution in [2.45, 2.75) is 38.7 Å². The van der Waals surface area contributed by atoms with Crippen LogP contribution in [0.5, 0.6) is 0 Å². The molecular formula is C14H16ClF5N4O. The number of nitrogens with zero attached hydrogens (tertiary/aromatic N) is 3. The first-order valence-electron chi connectivity index (χ1n) is 6.83. The molecule has 0 atom stereocenters. The summed E-state index contributed by atoms with van der Waals surface area (Å²) >= 11 is 0. The number of pyridine rings is 1. The standard InChI is InChI=1S/C14H15F5N4O.ClH/c1-13(2,20)7-23-9(6-10(21-23)14(17,18)19)8-3-4-22(12(15)16)11(24)5-8;/h3-6,12H,7,20H2,1-2H3;1H. The Bertz CT molecular complexity index is 792. The molecule has 0 unspecified atom stereocenters. The predicted octanol–water partition coefficient (Wildman–Crippen LogP) is 3.28. The van der Waals surface area contributed by atoms with Gasteiger partial charge in [-0.15, -0.1) is 12.4 Å². The highest BCUT2D eigenvalue weighted by atomic mass is 35.5. The molecule has 0 radical (unpaired) electrons. The highest BCUT2D eigenvalue weighted by Crippen LogP contribution is 2.32. The minimum absolute atomic E-state index is 0. The summed E-state index contributed by atoms with van der Waals surface area (Å²) in [6.45, 7) is 0.0994. The van der Waals surface area contributed by atoms with Gasteiger partial charge in [0, 0.05) is 23.4 Å². The van der Waals surface area contributed by atoms with Crippen LogP contribution in [0.3, 0.4) is 0 Å². The molecule has 0 aliphatic rings. The lowest BCUT2D eigenvalue weighted by Crippen LogP contribution is -2.37. The second kappa shape index (κ2) is 7.12. The maximum absolute atomic E-state index is 12.9. The fraction of sp³-hybridized carbons (Fsp3) is 0.429. The average molecular weight is 387 g/mol. The minimum atomic E-state index is -4.68. The normalized spacial score (nSPS) is 12.4. The molecule has 25 heavy (non-hydrogen) atoms. The zero-order valence-electron chi connectivity index (χ0n) is 13.2. The molecule has 0 aliphatic carbocycles. The minimum Gasteiger partial charge on any atom is -0.324 e. The van der Waals surface area contributed by atoms with E-state index in [1.165, 1.54) is 0 Å². The van der Waals surface area contributed by atoms with Crippen molar-refractivity contribution in [1.29, 1.82) is 0 Å². The zero-order valence-corrected chi connectivity index (χ0v) is 14.0. The van der Waals surface area contributed by atoms with Crippen molar-refractivity contribution in [3.63, 3.8) is 0 Å². The summed E-state index contributed by atoms with van der Waals surface area (Å²) in [5, 5.41) is 3.49. The average Bonchev–Trinajstić information content (AvgIpc) is 2.79. The zero-order chi connectivity index (χ0) is 18.3. The molecular weight excluding hydrogens is 371 g/mol. The molecule has 0 saturated carbocycles. The van der Waals surface area contributed by atoms with Gasteiger partial charge in [-0.05, 0) is 26.0 Å². The van der Waals surface area contributed by atoms with Gasteiger partial charge in [0.05, 0.1) is 12.2 Å². The molecule has 0 fully saturated rings. The first-order valence-corrected chi connectivity index (χ1v) is 6.83. The molecule has 0 spiro atoms. The fourth-order valence-corrected chi connectivity index (χ4v) is 2.10. The van der Waals surface area contributed by atoms with E-state index in [1.807, 2.05) is 0 Å². The van der Waals surface area contributed by atoms with Crippen molar-refractivity contribution in [2.24, 2.45) is 5.73 Å². The van der Waals surface area contributed by atoms with Crippen LogP contribution in [0.15, 0.2) is 29.2 Å². The van der Waals surface area contributed by atoms with Gasteiger partial charge in [-0.3, -0.25) is 14.0 Å². The largest absolute Gasteiger partial charge is 0.435 e. The van der Waals surface area contributed by atoms with Crippen LogP contribution in [-0.4, -0.2) is 19.9 Å². The Balaban J connectivity index is 0.00000312. The number of rotatable bonds is 4. The molecule has 0 saturated heterocycles. The number of nitrogens with two attached hydrogens (primary N) is 1. The van der Waals surface area contributed by atoms with E-state index in [9.17, 15) is 26.7 Å². The lowest BCUT2D eigenvalue weighted by atomic mass is 10.1. The molecule has 2 N–H and O–H groups in total. The molecule has 2 aromatic rings. The number of hydrogen-bond acceptors (Lipinski definition) is 3. The van der Waals surface area contributed by atoms with Crippen molar-refractivity contribution >= 4 is 12.4 Å². The molecule has 0 bridgehead atoms. The fourth-order valence-electron chi connectivity index (χ4n) is 2.10. The van der Waals surface area contributed by atoms with E-state index in [-0.39, 0.29) is 34.8 Å². The van der Waals surface area contributed by atoms with Gasteiger partial charge in [0.2, 0.25) is 0 Å². The Morgan fingerprint density at radius 1 is 1.24 bits per heavy atom. The lowest BCUT2D eigenvalue weighted by molar-refractivity contribution is -0.141. The van der Waals surface area contributed by atoms with Crippen LogP contribution in [-0.2, 0) is 12.7 Å². The van der Waals surface area contributed by atoms with E-state index >= 15 is 0 Å². The van der Waals surface area contributed by atoms with E-state index in [0.717, 1.165) is 29.1 Å². The summed E-state index contributed by atoms with van der Waals surface area (Å²) in [4.78, 5) is 11.7. The van der Waals surface area contributed by atoms with Crippen molar-refractivity contribution in [3.8, 4) is 11.3 Å². The molecule has 0 amide bonds. The molecule has 11 heteroatoms. The number of halogens is 6. The second-order valence-corrected chi connectivity index (χ2v) is 6.00. The molecule has 140 valence electrons. The van der Waals surface area contributed by atoms with Crippen molar-refractivity contribution in [3.05, 3.63) is 40.4 Å². The van der Waals surface area contributed by atoms with Crippen molar-refractivity contribution in [1.82, 2.24) is 14.3 Å². The molecule has 0 aliphatic heterocycles. The highest BCUT2D eigenvalue weighted by molar-refractivity contribution is 5.85. The van der Waals surface area contributed by atoms with Crippen LogP contribution in [0.2, 0.25) is 0 Å². The third kappa shape index (κ3) is 5.02. The third-order valence-electron chi connectivity index (χ3n) is 3.08. The van der Waals surface area contributed by atoms with Gasteiger partial charge < -0.3 is 5.73 Å². The van der Waals surface area contributed by atoms with Gasteiger partial charge in [-0.25, -0.2) is 0 Å². The smallest absolute Gasteiger partial charge is 0.324 e. The molecule has 2 rings (SSSR count). The van der Waals surface area contributed by atoms with E-state index in [4.69, 9.17) is 5.73 Å². The van der Waals surface area contributed by atoms with Crippen molar-refractivity contribution in [2.75, 3.05) is 0 Å². The number of aromatic nitrogens is 3. The topological polar surface area (TPSA) is 65.8 Å². The summed E-state index contributed by atoms with van der Waals surface area (Å²) < 4.78 is 65.1. The first-order chi connectivity index (χ1) is 10.9. The number of hydrogen-bond donors (Lipinski definition) is 1. The van der Waals surface area contributed by atoms with E-state index in [0.29, 0.717) is 0 Å². The Labute approximate surface area is 145 Å². The maximum Gasteiger partial charge on any atom is 0.435 e. The summed E-state index contributed by atoms with van der Waals surface area (Å²) in [5.74, 6) is 0. The van der Waals surface area contributed by atoms with Gasteiger partial charge in [-0.2, -0.15) is 27.1 Å². The van der Waals surface area contributed by atoms with Crippen LogP contribution in [0, 0.1) is 0 Å². The highest BCUT2D eigenvalue weighted by Gasteiger charge is 2.35. The number of alkyl halides is 5. The monoisotopic (exact) mass is 386 g/mol. The van der Waals surface area contributed by atoms with Crippen LogP contribution in [0.4, 0.5) is 22.0 Å². The Morgan fingerprint density at radius 3 is 2.28 bits per heavy atom. The quantitative estimate of drug-likeness (QED) is 0.820. The summed E-state index contributed by atoms with van der Waals surface area (Å²) in [5.41, 5.74) is 2.78. The van der Waals surface area contributed by atoms with Gasteiger partial charge in [0.25, 0.3) is 5.56 Å². The third-order valence-corrected chi connectivity index (χ3v) is 3.08. The molecule has 2 aromatic heterocycles. The SMILES string of the molecule is CC(C)(N)Cn1nc(C(F)(F)F)cc1-c1ccn(C(F)F)c(=O)c1.Cl. The van der Waals surface area contributed by atoms with Crippen LogP contribution >= 0.6 is 12.4 Å². The Morgan fingerprint density at radius 2 is 1.84 bits per heavy atom. The van der Waals surface area contributed by atoms with E-state index < -0.39 is 29.5 Å². The van der Waals surface area contributed by atoms with Gasteiger partial charge in [-0.1, -0.05) is 0 Å². The van der Waals surface area contributed by atoms with Crippen molar-refractivity contribution < 1.29 is 22.0 Å². The lowest BCUT2D eigenvalue weighted by Gasteiger charge is -2.20. The molecule has 0 aromatic carbocycles. The maximum atomic E-state index is 12.9. The van der Waals surface area contributed by atoms with Gasteiger partial charge in [0.1, 0.15) is 0 Å². The van der Waals surface area contributed by atoms with Crippen LogP contribution < -0.4 is 11.3 Å².